The Kier molecular flexibility index (Phi) is 11.5. The van der Waals surface area contributed by atoms with Crippen LogP contribution in [0, 0.1) is 5.41 Å². The number of carbonyl (C=O) groups is 1. The molecule has 0 fully saturated rings. The van der Waals surface area contributed by atoms with E-state index in [1.54, 1.807) is 0 Å². The predicted octanol–water partition coefficient (Wildman–Crippen LogP) is -1.34. The molecule has 0 aliphatic carbocycles. The molecule has 0 unspecified atom stereocenters. The minimum absolute atomic E-state index is 0.0896. The highest BCUT2D eigenvalue weighted by molar-refractivity contribution is 5.73. The molecular weight excluding hydrogens is 200 g/mol. The summed E-state index contributed by atoms with van der Waals surface area (Å²) >= 11 is 0. The quantitative estimate of drug-likeness (QED) is 0.241. The van der Waals surface area contributed by atoms with E-state index in [0.717, 1.165) is 6.42 Å². The Labute approximate surface area is 89.0 Å². The van der Waals surface area contributed by atoms with Gasteiger partial charge in [-0.3, -0.25) is 10.2 Å². The molecule has 0 spiro atoms. The highest BCUT2D eigenvalue weighted by Crippen LogP contribution is 1.90. The molecule has 0 heterocycles. The lowest BCUT2D eigenvalue weighted by Gasteiger charge is -2.11. The largest absolute Gasteiger partial charge is 0.480 e. The molecule has 0 saturated heterocycles. The molecule has 0 saturated carbocycles. The zero-order valence-corrected chi connectivity index (χ0v) is 8.86. The number of hydrogen-bond acceptors (Lipinski definition) is 4. The Morgan fingerprint density at radius 2 is 2.00 bits per heavy atom. The molecular formula is C8H20N4O3. The van der Waals surface area contributed by atoms with E-state index >= 15 is 0 Å². The van der Waals surface area contributed by atoms with Crippen LogP contribution in [-0.4, -0.2) is 41.3 Å². The van der Waals surface area contributed by atoms with Gasteiger partial charge < -0.3 is 27.0 Å². The maximum atomic E-state index is 10.4. The van der Waals surface area contributed by atoms with Crippen LogP contribution in [0.2, 0.25) is 0 Å². The van der Waals surface area contributed by atoms with Crippen LogP contribution in [0.5, 0.6) is 0 Å². The monoisotopic (exact) mass is 220 g/mol. The fraction of sp³-hybridized carbons (Fsp3) is 0.750. The van der Waals surface area contributed by atoms with Gasteiger partial charge in [-0.15, -0.1) is 0 Å². The summed E-state index contributed by atoms with van der Waals surface area (Å²) in [5.41, 5.74) is 8.94. The van der Waals surface area contributed by atoms with Crippen molar-refractivity contribution in [1.29, 1.82) is 5.41 Å². The first-order valence-electron chi connectivity index (χ1n) is 4.62. The third-order valence-electron chi connectivity index (χ3n) is 1.36. The molecule has 0 aromatic carbocycles. The van der Waals surface area contributed by atoms with Gasteiger partial charge in [0, 0.05) is 6.61 Å². The summed E-state index contributed by atoms with van der Waals surface area (Å²) in [7, 11) is 0. The lowest BCUT2D eigenvalue weighted by atomic mass is 10.2. The van der Waals surface area contributed by atoms with Gasteiger partial charge in [-0.1, -0.05) is 6.92 Å². The van der Waals surface area contributed by atoms with Gasteiger partial charge in [-0.2, -0.15) is 0 Å². The van der Waals surface area contributed by atoms with Gasteiger partial charge in [-0.25, -0.2) is 0 Å². The predicted molar refractivity (Wildman–Crippen MR) is 57.5 cm³/mol. The second-order valence-electron chi connectivity index (χ2n) is 2.81. The summed E-state index contributed by atoms with van der Waals surface area (Å²) in [4.78, 5) is 10.4. The Morgan fingerprint density at radius 3 is 2.27 bits per heavy atom. The van der Waals surface area contributed by atoms with E-state index in [-0.39, 0.29) is 19.0 Å². The Hall–Kier alpha value is -1.34. The molecule has 0 aromatic rings. The Balaban J connectivity index is 0. The number of nitrogens with one attached hydrogen (secondary N) is 2. The van der Waals surface area contributed by atoms with E-state index in [0.29, 0.717) is 6.54 Å². The number of nitrogens with two attached hydrogens (primary N) is 2. The standard InChI is InChI=1S/C7H15NO3.CH5N3/c1-2-4-8-6(3-5-9)7(10)11;2-1(3)4/h6,8-9H,2-5H2,1H3,(H,10,11);(H5,2,3,4)/t6-;/m0./s1. The summed E-state index contributed by atoms with van der Waals surface area (Å²) in [6.07, 6.45) is 1.17. The average molecular weight is 220 g/mol. The SMILES string of the molecule is CCCN[C@@H](CCO)C(=O)O.N=C(N)N. The van der Waals surface area contributed by atoms with Crippen molar-refractivity contribution in [3.8, 4) is 0 Å². The third-order valence-corrected chi connectivity index (χ3v) is 1.36. The maximum Gasteiger partial charge on any atom is 0.320 e. The number of carboxylic acids is 1. The molecule has 0 aliphatic rings. The second-order valence-corrected chi connectivity index (χ2v) is 2.81. The first-order valence-corrected chi connectivity index (χ1v) is 4.62. The molecule has 0 aliphatic heterocycles. The third kappa shape index (κ3) is 15.4. The summed E-state index contributed by atoms with van der Waals surface area (Å²) in [5.74, 6) is -1.23. The van der Waals surface area contributed by atoms with Crippen LogP contribution < -0.4 is 16.8 Å². The smallest absolute Gasteiger partial charge is 0.320 e. The molecule has 7 nitrogen and oxygen atoms in total. The topological polar surface area (TPSA) is 145 Å². The van der Waals surface area contributed by atoms with Crippen molar-refractivity contribution in [2.75, 3.05) is 13.2 Å². The second kappa shape index (κ2) is 10.7. The first-order chi connectivity index (χ1) is 6.95. The molecule has 0 radical (unpaired) electrons. The van der Waals surface area contributed by atoms with Crippen molar-refractivity contribution in [2.24, 2.45) is 11.5 Å². The number of carboxylic acid groups (broad SMARTS) is 1. The number of rotatable bonds is 6. The lowest BCUT2D eigenvalue weighted by molar-refractivity contribution is -0.139. The van der Waals surface area contributed by atoms with Gasteiger partial charge in [-0.05, 0) is 19.4 Å². The number of guanidine groups is 1. The van der Waals surface area contributed by atoms with Gasteiger partial charge in [0.15, 0.2) is 5.96 Å². The molecule has 0 rings (SSSR count). The van der Waals surface area contributed by atoms with Crippen molar-refractivity contribution < 1.29 is 15.0 Å². The molecule has 7 heteroatoms. The van der Waals surface area contributed by atoms with E-state index in [4.69, 9.17) is 15.6 Å². The van der Waals surface area contributed by atoms with Crippen LogP contribution in [-0.2, 0) is 4.79 Å². The van der Waals surface area contributed by atoms with Crippen LogP contribution in [0.3, 0.4) is 0 Å². The van der Waals surface area contributed by atoms with Gasteiger partial charge in [0.05, 0.1) is 0 Å². The maximum absolute atomic E-state index is 10.4. The fourth-order valence-electron chi connectivity index (χ4n) is 0.761. The number of aliphatic hydroxyl groups is 1. The highest BCUT2D eigenvalue weighted by Gasteiger charge is 2.14. The summed E-state index contributed by atoms with van der Waals surface area (Å²) < 4.78 is 0. The molecule has 8 N–H and O–H groups in total. The molecule has 0 bridgehead atoms. The number of aliphatic carboxylic acids is 1. The van der Waals surface area contributed by atoms with Crippen molar-refractivity contribution in [3.63, 3.8) is 0 Å². The van der Waals surface area contributed by atoms with Gasteiger partial charge in [0.1, 0.15) is 6.04 Å². The summed E-state index contributed by atoms with van der Waals surface area (Å²) in [5, 5.41) is 25.9. The summed E-state index contributed by atoms with van der Waals surface area (Å²) in [6.45, 7) is 2.55. The van der Waals surface area contributed by atoms with E-state index in [9.17, 15) is 4.79 Å². The van der Waals surface area contributed by atoms with Crippen LogP contribution in [0.25, 0.3) is 0 Å². The lowest BCUT2D eigenvalue weighted by Crippen LogP contribution is -2.37. The van der Waals surface area contributed by atoms with E-state index < -0.39 is 12.0 Å². The average Bonchev–Trinajstić information content (AvgIpc) is 2.10. The van der Waals surface area contributed by atoms with E-state index in [1.165, 1.54) is 0 Å². The Bertz CT molecular complexity index is 183. The number of hydrogen-bond donors (Lipinski definition) is 6. The number of aliphatic hydroxyl groups excluding tert-OH is 1. The van der Waals surface area contributed by atoms with E-state index in [1.807, 2.05) is 6.92 Å². The van der Waals surface area contributed by atoms with Gasteiger partial charge in [0.25, 0.3) is 0 Å². The molecule has 0 aromatic heterocycles. The zero-order valence-electron chi connectivity index (χ0n) is 8.86. The van der Waals surface area contributed by atoms with Crippen LogP contribution in [0.1, 0.15) is 19.8 Å². The van der Waals surface area contributed by atoms with Crippen LogP contribution in [0.4, 0.5) is 0 Å². The molecule has 90 valence electrons. The van der Waals surface area contributed by atoms with Gasteiger partial charge in [0.2, 0.25) is 0 Å². The van der Waals surface area contributed by atoms with Crippen molar-refractivity contribution in [1.82, 2.24) is 5.32 Å². The van der Waals surface area contributed by atoms with E-state index in [2.05, 4.69) is 16.8 Å². The van der Waals surface area contributed by atoms with Crippen LogP contribution >= 0.6 is 0 Å². The molecule has 0 amide bonds. The molecule has 15 heavy (non-hydrogen) atoms. The Morgan fingerprint density at radius 1 is 1.53 bits per heavy atom. The van der Waals surface area contributed by atoms with Crippen molar-refractivity contribution in [2.45, 2.75) is 25.8 Å². The highest BCUT2D eigenvalue weighted by atomic mass is 16.4. The normalized spacial score (nSPS) is 11.1. The van der Waals surface area contributed by atoms with Crippen molar-refractivity contribution in [3.05, 3.63) is 0 Å². The minimum Gasteiger partial charge on any atom is -0.480 e. The van der Waals surface area contributed by atoms with Crippen LogP contribution in [0.15, 0.2) is 0 Å². The fourth-order valence-corrected chi connectivity index (χ4v) is 0.761. The first kappa shape index (κ1) is 16.1. The van der Waals surface area contributed by atoms with Crippen molar-refractivity contribution >= 4 is 11.9 Å². The summed E-state index contributed by atoms with van der Waals surface area (Å²) in [6, 6.07) is -0.597. The minimum atomic E-state index is -0.896. The van der Waals surface area contributed by atoms with Gasteiger partial charge >= 0.3 is 5.97 Å². The molecule has 1 atom stereocenters. The zero-order chi connectivity index (χ0) is 12.3.